The molecule has 0 spiro atoms. The highest BCUT2D eigenvalue weighted by Gasteiger charge is 2.36. The van der Waals surface area contributed by atoms with Crippen LogP contribution in [0.2, 0.25) is 0 Å². The van der Waals surface area contributed by atoms with Crippen molar-refractivity contribution in [3.8, 4) is 11.4 Å². The van der Waals surface area contributed by atoms with Gasteiger partial charge in [-0.1, -0.05) is 30.3 Å². The highest BCUT2D eigenvalue weighted by Crippen LogP contribution is 2.30. The Labute approximate surface area is 163 Å². The van der Waals surface area contributed by atoms with Crippen molar-refractivity contribution in [1.29, 1.82) is 0 Å². The van der Waals surface area contributed by atoms with E-state index in [4.69, 9.17) is 4.74 Å². The highest BCUT2D eigenvalue weighted by atomic mass is 16.5. The summed E-state index contributed by atoms with van der Waals surface area (Å²) in [4.78, 5) is 23.6. The fourth-order valence-corrected chi connectivity index (χ4v) is 3.44. The van der Waals surface area contributed by atoms with Crippen molar-refractivity contribution >= 4 is 5.91 Å². The molecular formula is C20H22N6O2. The van der Waals surface area contributed by atoms with Crippen molar-refractivity contribution in [2.45, 2.75) is 25.9 Å². The number of hydrogen-bond acceptors (Lipinski definition) is 6. The lowest BCUT2D eigenvalue weighted by Gasteiger charge is -2.33. The molecular weight excluding hydrogens is 356 g/mol. The maximum Gasteiger partial charge on any atom is 0.246 e. The van der Waals surface area contributed by atoms with Crippen LogP contribution in [0.3, 0.4) is 0 Å². The average Bonchev–Trinajstić information content (AvgIpc) is 3.14. The van der Waals surface area contributed by atoms with E-state index in [9.17, 15) is 4.79 Å². The summed E-state index contributed by atoms with van der Waals surface area (Å²) in [5, 5.41) is 8.72. The molecule has 1 amide bonds. The molecule has 1 atom stereocenters. The first-order valence-corrected chi connectivity index (χ1v) is 9.22. The van der Waals surface area contributed by atoms with Crippen LogP contribution in [0.15, 0.2) is 42.7 Å². The van der Waals surface area contributed by atoms with Crippen LogP contribution in [0.1, 0.15) is 23.3 Å². The molecule has 2 aromatic heterocycles. The third-order valence-corrected chi connectivity index (χ3v) is 4.88. The Bertz CT molecular complexity index is 955. The summed E-state index contributed by atoms with van der Waals surface area (Å²) >= 11 is 0. The van der Waals surface area contributed by atoms with Crippen LogP contribution in [-0.4, -0.2) is 55.8 Å². The quantitative estimate of drug-likeness (QED) is 0.650. The number of fused-ring (bicyclic) bond motifs is 1. The first kappa shape index (κ1) is 18.2. The van der Waals surface area contributed by atoms with Gasteiger partial charge in [-0.3, -0.25) is 9.36 Å². The van der Waals surface area contributed by atoms with Crippen LogP contribution in [0.4, 0.5) is 0 Å². The van der Waals surface area contributed by atoms with E-state index >= 15 is 0 Å². The predicted molar refractivity (Wildman–Crippen MR) is 102 cm³/mol. The summed E-state index contributed by atoms with van der Waals surface area (Å²) in [5.41, 5.74) is 1.83. The molecule has 3 aromatic rings. The number of rotatable bonds is 6. The van der Waals surface area contributed by atoms with Crippen LogP contribution < -0.4 is 0 Å². The van der Waals surface area contributed by atoms with Gasteiger partial charge in [0.1, 0.15) is 11.9 Å². The van der Waals surface area contributed by atoms with Gasteiger partial charge in [0, 0.05) is 32.5 Å². The second-order valence-corrected chi connectivity index (χ2v) is 6.79. The number of aryl methyl sites for hydroxylation is 1. The van der Waals surface area contributed by atoms with E-state index < -0.39 is 6.04 Å². The van der Waals surface area contributed by atoms with Crippen molar-refractivity contribution in [3.05, 3.63) is 59.9 Å². The van der Waals surface area contributed by atoms with Crippen molar-refractivity contribution < 1.29 is 9.53 Å². The van der Waals surface area contributed by atoms with Gasteiger partial charge >= 0.3 is 0 Å². The van der Waals surface area contributed by atoms with E-state index in [2.05, 4.69) is 20.2 Å². The monoisotopic (exact) mass is 378 g/mol. The minimum Gasteiger partial charge on any atom is -0.383 e. The number of hydrogen-bond donors (Lipinski definition) is 0. The third-order valence-electron chi connectivity index (χ3n) is 4.88. The van der Waals surface area contributed by atoms with Crippen molar-refractivity contribution in [1.82, 2.24) is 29.6 Å². The van der Waals surface area contributed by atoms with Gasteiger partial charge in [-0.15, -0.1) is 10.2 Å². The summed E-state index contributed by atoms with van der Waals surface area (Å²) in [6.45, 7) is 3.25. The first-order valence-electron chi connectivity index (χ1n) is 9.22. The molecule has 0 radical (unpaired) electrons. The maximum absolute atomic E-state index is 13.3. The molecule has 0 bridgehead atoms. The van der Waals surface area contributed by atoms with Crippen molar-refractivity contribution in [2.24, 2.45) is 0 Å². The fourth-order valence-electron chi connectivity index (χ4n) is 3.44. The van der Waals surface area contributed by atoms with Gasteiger partial charge in [-0.25, -0.2) is 9.97 Å². The second-order valence-electron chi connectivity index (χ2n) is 6.79. The fraction of sp³-hybridized carbons (Fsp3) is 0.350. The summed E-state index contributed by atoms with van der Waals surface area (Å²) in [5.74, 6) is 2.11. The zero-order valence-corrected chi connectivity index (χ0v) is 15.9. The molecule has 1 aliphatic rings. The topological polar surface area (TPSA) is 86.0 Å². The standard InChI is InChI=1S/C20H22N6O2/c1-14-21-11-16(12-22-14)19-24-23-18-13-25(8-9-28-2)20(27)17(26(18)19)10-15-6-4-3-5-7-15/h3-7,11-12,17H,8-10,13H2,1-2H3/t17-/m1/s1. The van der Waals surface area contributed by atoms with Crippen molar-refractivity contribution in [2.75, 3.05) is 20.3 Å². The Hall–Kier alpha value is -3.13. The zero-order chi connectivity index (χ0) is 19.5. The summed E-state index contributed by atoms with van der Waals surface area (Å²) < 4.78 is 7.10. The lowest BCUT2D eigenvalue weighted by atomic mass is 10.0. The molecule has 144 valence electrons. The summed E-state index contributed by atoms with van der Waals surface area (Å²) in [7, 11) is 1.63. The van der Waals surface area contributed by atoms with E-state index in [1.54, 1.807) is 24.4 Å². The molecule has 8 nitrogen and oxygen atoms in total. The van der Waals surface area contributed by atoms with E-state index in [-0.39, 0.29) is 5.91 Å². The number of methoxy groups -OCH3 is 1. The summed E-state index contributed by atoms with van der Waals surface area (Å²) in [6.07, 6.45) is 4.01. The van der Waals surface area contributed by atoms with Gasteiger partial charge in [0.2, 0.25) is 5.91 Å². The van der Waals surface area contributed by atoms with Crippen LogP contribution >= 0.6 is 0 Å². The highest BCUT2D eigenvalue weighted by molar-refractivity contribution is 5.82. The molecule has 0 saturated carbocycles. The van der Waals surface area contributed by atoms with Gasteiger partial charge in [0.05, 0.1) is 18.7 Å². The lowest BCUT2D eigenvalue weighted by Crippen LogP contribution is -2.45. The number of nitrogens with zero attached hydrogens (tertiary/aromatic N) is 6. The number of amides is 1. The van der Waals surface area contributed by atoms with Crippen LogP contribution in [-0.2, 0) is 22.5 Å². The molecule has 1 aromatic carbocycles. The van der Waals surface area contributed by atoms with Crippen LogP contribution in [0.25, 0.3) is 11.4 Å². The van der Waals surface area contributed by atoms with Gasteiger partial charge < -0.3 is 9.64 Å². The average molecular weight is 378 g/mol. The molecule has 1 aliphatic heterocycles. The number of aromatic nitrogens is 5. The third kappa shape index (κ3) is 3.50. The zero-order valence-electron chi connectivity index (χ0n) is 15.9. The van der Waals surface area contributed by atoms with Crippen LogP contribution in [0.5, 0.6) is 0 Å². The smallest absolute Gasteiger partial charge is 0.246 e. The number of ether oxygens (including phenoxy) is 1. The second kappa shape index (κ2) is 7.85. The Morgan fingerprint density at radius 2 is 1.89 bits per heavy atom. The minimum absolute atomic E-state index is 0.0440. The number of carbonyl (C=O) groups excluding carboxylic acids is 1. The van der Waals surface area contributed by atoms with Gasteiger partial charge in [0.15, 0.2) is 11.6 Å². The molecule has 4 rings (SSSR count). The molecule has 8 heteroatoms. The Morgan fingerprint density at radius 1 is 1.14 bits per heavy atom. The van der Waals surface area contributed by atoms with Crippen molar-refractivity contribution in [3.63, 3.8) is 0 Å². The maximum atomic E-state index is 13.3. The normalized spacial score (nSPS) is 16.3. The number of carbonyl (C=O) groups is 1. The molecule has 0 saturated heterocycles. The van der Waals surface area contributed by atoms with Gasteiger partial charge in [0.25, 0.3) is 0 Å². The van der Waals surface area contributed by atoms with E-state index in [0.29, 0.717) is 37.8 Å². The van der Waals surface area contributed by atoms with E-state index in [1.807, 2.05) is 41.8 Å². The molecule has 28 heavy (non-hydrogen) atoms. The summed E-state index contributed by atoms with van der Waals surface area (Å²) in [6, 6.07) is 9.56. The predicted octanol–water partition coefficient (Wildman–Crippen LogP) is 1.82. The Kier molecular flexibility index (Phi) is 5.12. The molecule has 0 aliphatic carbocycles. The first-order chi connectivity index (χ1) is 13.7. The van der Waals surface area contributed by atoms with E-state index in [1.165, 1.54) is 0 Å². The van der Waals surface area contributed by atoms with Gasteiger partial charge in [-0.05, 0) is 12.5 Å². The van der Waals surface area contributed by atoms with Crippen LogP contribution in [0, 0.1) is 6.92 Å². The Morgan fingerprint density at radius 3 is 2.61 bits per heavy atom. The number of benzene rings is 1. The van der Waals surface area contributed by atoms with E-state index in [0.717, 1.165) is 17.0 Å². The largest absolute Gasteiger partial charge is 0.383 e. The minimum atomic E-state index is -0.422. The molecule has 3 heterocycles. The molecule has 0 N–H and O–H groups in total. The SMILES string of the molecule is COCCN1Cc2nnc(-c3cnc(C)nc3)n2[C@H](Cc2ccccc2)C1=O. The Balaban J connectivity index is 1.75. The molecule has 0 fully saturated rings. The van der Waals surface area contributed by atoms with Gasteiger partial charge in [-0.2, -0.15) is 0 Å². The molecule has 0 unspecified atom stereocenters. The lowest BCUT2D eigenvalue weighted by molar-refractivity contribution is -0.138.